The fourth-order valence-electron chi connectivity index (χ4n) is 1.82. The number of aldehydes is 1. The molecule has 0 fully saturated rings. The van der Waals surface area contributed by atoms with Gasteiger partial charge in [-0.1, -0.05) is 55.3 Å². The lowest BCUT2D eigenvalue weighted by atomic mass is 10.1. The summed E-state index contributed by atoms with van der Waals surface area (Å²) in [4.78, 5) is 10.4. The first-order chi connectivity index (χ1) is 8.86. The Balaban J connectivity index is 2.29. The van der Waals surface area contributed by atoms with E-state index in [-0.39, 0.29) is 0 Å². The quantitative estimate of drug-likeness (QED) is 0.375. The van der Waals surface area contributed by atoms with Crippen LogP contribution in [0.2, 0.25) is 0 Å². The summed E-state index contributed by atoms with van der Waals surface area (Å²) in [6, 6.07) is 10.1. The summed E-state index contributed by atoms with van der Waals surface area (Å²) in [5.74, 6) is 0. The zero-order chi connectivity index (χ0) is 13.1. The summed E-state index contributed by atoms with van der Waals surface area (Å²) in [7, 11) is 0. The molecular formula is C16H22O2. The molecule has 18 heavy (non-hydrogen) atoms. The molecule has 1 aromatic rings. The molecule has 1 rings (SSSR count). The van der Waals surface area contributed by atoms with Crippen LogP contribution in [-0.4, -0.2) is 12.9 Å². The molecule has 0 aliphatic carbocycles. The van der Waals surface area contributed by atoms with Crippen LogP contribution in [0.4, 0.5) is 0 Å². The molecule has 0 saturated heterocycles. The van der Waals surface area contributed by atoms with Crippen molar-refractivity contribution in [1.29, 1.82) is 0 Å². The summed E-state index contributed by atoms with van der Waals surface area (Å²) in [5, 5.41) is 0. The Morgan fingerprint density at radius 1 is 1.22 bits per heavy atom. The molecule has 0 N–H and O–H groups in total. The maximum Gasteiger partial charge on any atom is 0.120 e. The minimum absolute atomic E-state index is 0.616. The highest BCUT2D eigenvalue weighted by atomic mass is 16.5. The summed E-state index contributed by atoms with van der Waals surface area (Å²) in [6.07, 6.45) is 6.76. The molecule has 0 saturated carbocycles. The van der Waals surface area contributed by atoms with Crippen LogP contribution in [0.15, 0.2) is 42.0 Å². The first-order valence-electron chi connectivity index (χ1n) is 6.60. The Morgan fingerprint density at radius 3 is 2.67 bits per heavy atom. The Morgan fingerprint density at radius 2 is 2.00 bits per heavy atom. The predicted octanol–water partition coefficient (Wildman–Crippen LogP) is 3.91. The molecule has 0 unspecified atom stereocenters. The molecule has 0 aliphatic heterocycles. The van der Waals surface area contributed by atoms with Crippen LogP contribution in [0.3, 0.4) is 0 Å². The van der Waals surface area contributed by atoms with Crippen LogP contribution in [0.1, 0.15) is 38.2 Å². The van der Waals surface area contributed by atoms with Gasteiger partial charge in [0.05, 0.1) is 13.2 Å². The minimum Gasteiger partial charge on any atom is -0.373 e. The van der Waals surface area contributed by atoms with Gasteiger partial charge in [0.25, 0.3) is 0 Å². The SMILES string of the molecule is CCC/C(=C\COCc1ccccc1)CCC=O. The average molecular weight is 246 g/mol. The summed E-state index contributed by atoms with van der Waals surface area (Å²) in [5.41, 5.74) is 2.52. The van der Waals surface area contributed by atoms with Gasteiger partial charge in [-0.15, -0.1) is 0 Å². The first kappa shape index (κ1) is 14.7. The second kappa shape index (κ2) is 9.60. The highest BCUT2D eigenvalue weighted by Crippen LogP contribution is 2.11. The lowest BCUT2D eigenvalue weighted by molar-refractivity contribution is -0.107. The van der Waals surface area contributed by atoms with E-state index in [4.69, 9.17) is 4.74 Å². The third-order valence-electron chi connectivity index (χ3n) is 2.76. The van der Waals surface area contributed by atoms with Crippen molar-refractivity contribution in [2.75, 3.05) is 6.61 Å². The number of allylic oxidation sites excluding steroid dienone is 1. The van der Waals surface area contributed by atoms with E-state index < -0.39 is 0 Å². The van der Waals surface area contributed by atoms with Gasteiger partial charge in [0.1, 0.15) is 6.29 Å². The Kier molecular flexibility index (Phi) is 7.82. The van der Waals surface area contributed by atoms with Gasteiger partial charge in [-0.25, -0.2) is 0 Å². The number of rotatable bonds is 9. The zero-order valence-corrected chi connectivity index (χ0v) is 11.1. The predicted molar refractivity (Wildman–Crippen MR) is 74.4 cm³/mol. The number of carbonyl (C=O) groups is 1. The maximum absolute atomic E-state index is 10.4. The molecule has 0 amide bonds. The number of ether oxygens (including phenoxy) is 1. The number of hydrogen-bond acceptors (Lipinski definition) is 2. The third kappa shape index (κ3) is 6.36. The molecule has 0 aliphatic rings. The zero-order valence-electron chi connectivity index (χ0n) is 11.1. The topological polar surface area (TPSA) is 26.3 Å². The van der Waals surface area contributed by atoms with Gasteiger partial charge in [0, 0.05) is 6.42 Å². The van der Waals surface area contributed by atoms with E-state index in [1.54, 1.807) is 0 Å². The van der Waals surface area contributed by atoms with Crippen LogP contribution in [0.25, 0.3) is 0 Å². The monoisotopic (exact) mass is 246 g/mol. The Bertz CT molecular complexity index is 355. The van der Waals surface area contributed by atoms with Crippen molar-refractivity contribution < 1.29 is 9.53 Å². The van der Waals surface area contributed by atoms with Gasteiger partial charge >= 0.3 is 0 Å². The van der Waals surface area contributed by atoms with Crippen molar-refractivity contribution in [1.82, 2.24) is 0 Å². The van der Waals surface area contributed by atoms with Crippen molar-refractivity contribution in [3.63, 3.8) is 0 Å². The second-order valence-electron chi connectivity index (χ2n) is 4.32. The number of hydrogen-bond donors (Lipinski definition) is 0. The summed E-state index contributed by atoms with van der Waals surface area (Å²) in [6.45, 7) is 3.42. The summed E-state index contributed by atoms with van der Waals surface area (Å²) >= 11 is 0. The van der Waals surface area contributed by atoms with E-state index in [9.17, 15) is 4.79 Å². The standard InChI is InChI=1S/C16H22O2/c1-2-7-15(10-6-12-17)11-13-18-14-16-8-4-3-5-9-16/h3-5,8-9,11-12H,2,6-7,10,13-14H2,1H3/b15-11+. The molecule has 0 atom stereocenters. The fraction of sp³-hybridized carbons (Fsp3) is 0.438. The number of carbonyl (C=O) groups excluding carboxylic acids is 1. The first-order valence-corrected chi connectivity index (χ1v) is 6.60. The van der Waals surface area contributed by atoms with Crippen LogP contribution in [-0.2, 0) is 16.1 Å². The lowest BCUT2D eigenvalue weighted by Gasteiger charge is -2.05. The van der Waals surface area contributed by atoms with E-state index in [1.807, 2.05) is 18.2 Å². The Labute approximate surface area is 110 Å². The molecule has 98 valence electrons. The molecule has 0 radical (unpaired) electrons. The van der Waals surface area contributed by atoms with Crippen LogP contribution in [0.5, 0.6) is 0 Å². The van der Waals surface area contributed by atoms with Gasteiger partial charge in [-0.05, 0) is 18.4 Å². The van der Waals surface area contributed by atoms with Gasteiger partial charge < -0.3 is 9.53 Å². The van der Waals surface area contributed by atoms with Gasteiger partial charge in [0.15, 0.2) is 0 Å². The smallest absolute Gasteiger partial charge is 0.120 e. The molecule has 0 heterocycles. The van der Waals surface area contributed by atoms with Gasteiger partial charge in [-0.3, -0.25) is 0 Å². The molecule has 0 spiro atoms. The van der Waals surface area contributed by atoms with Gasteiger partial charge in [0.2, 0.25) is 0 Å². The van der Waals surface area contributed by atoms with Crippen LogP contribution >= 0.6 is 0 Å². The van der Waals surface area contributed by atoms with E-state index in [1.165, 1.54) is 11.1 Å². The Hall–Kier alpha value is -1.41. The molecular weight excluding hydrogens is 224 g/mol. The second-order valence-corrected chi connectivity index (χ2v) is 4.32. The largest absolute Gasteiger partial charge is 0.373 e. The molecule has 0 aromatic heterocycles. The van der Waals surface area contributed by atoms with Crippen molar-refractivity contribution in [2.24, 2.45) is 0 Å². The fourth-order valence-corrected chi connectivity index (χ4v) is 1.82. The normalized spacial score (nSPS) is 11.5. The molecule has 2 nitrogen and oxygen atoms in total. The van der Waals surface area contributed by atoms with E-state index in [0.717, 1.165) is 25.5 Å². The summed E-state index contributed by atoms with van der Waals surface area (Å²) < 4.78 is 5.61. The maximum atomic E-state index is 10.4. The minimum atomic E-state index is 0.616. The van der Waals surface area contributed by atoms with Crippen molar-refractivity contribution in [2.45, 2.75) is 39.2 Å². The van der Waals surface area contributed by atoms with E-state index in [0.29, 0.717) is 19.6 Å². The highest BCUT2D eigenvalue weighted by Gasteiger charge is 1.96. The van der Waals surface area contributed by atoms with Crippen molar-refractivity contribution in [3.05, 3.63) is 47.5 Å². The molecule has 2 heteroatoms. The van der Waals surface area contributed by atoms with Crippen LogP contribution < -0.4 is 0 Å². The lowest BCUT2D eigenvalue weighted by Crippen LogP contribution is -1.95. The number of benzene rings is 1. The van der Waals surface area contributed by atoms with Crippen molar-refractivity contribution >= 4 is 6.29 Å². The van der Waals surface area contributed by atoms with E-state index >= 15 is 0 Å². The molecule has 0 bridgehead atoms. The third-order valence-corrected chi connectivity index (χ3v) is 2.76. The highest BCUT2D eigenvalue weighted by molar-refractivity contribution is 5.49. The molecule has 1 aromatic carbocycles. The van der Waals surface area contributed by atoms with Crippen LogP contribution in [0, 0.1) is 0 Å². The van der Waals surface area contributed by atoms with Gasteiger partial charge in [-0.2, -0.15) is 0 Å². The van der Waals surface area contributed by atoms with E-state index in [2.05, 4.69) is 25.1 Å². The average Bonchev–Trinajstić information content (AvgIpc) is 2.42. The van der Waals surface area contributed by atoms with Crippen molar-refractivity contribution in [3.8, 4) is 0 Å².